The maximum atomic E-state index is 13.2. The Hall–Kier alpha value is -1.23. The van der Waals surface area contributed by atoms with Gasteiger partial charge in [-0.1, -0.05) is 6.07 Å². The SMILES string of the molecule is N#CSc1ccc(CN2CCCOCC2)c(C(F)(F)F)c1. The van der Waals surface area contributed by atoms with Crippen molar-refractivity contribution in [3.05, 3.63) is 29.3 Å². The molecule has 0 N–H and O–H groups in total. The second-order valence-corrected chi connectivity index (χ2v) is 5.61. The molecule has 0 unspecified atom stereocenters. The third kappa shape index (κ3) is 4.63. The van der Waals surface area contributed by atoms with E-state index in [0.29, 0.717) is 24.7 Å². The summed E-state index contributed by atoms with van der Waals surface area (Å²) in [6.45, 7) is 2.80. The maximum absolute atomic E-state index is 13.2. The van der Waals surface area contributed by atoms with Gasteiger partial charge in [-0.15, -0.1) is 0 Å². The number of rotatable bonds is 3. The van der Waals surface area contributed by atoms with Crippen molar-refractivity contribution in [2.75, 3.05) is 26.3 Å². The van der Waals surface area contributed by atoms with Crippen molar-refractivity contribution in [2.24, 2.45) is 0 Å². The predicted molar refractivity (Wildman–Crippen MR) is 73.6 cm³/mol. The number of thioether (sulfide) groups is 1. The molecule has 2 rings (SSSR count). The summed E-state index contributed by atoms with van der Waals surface area (Å²) >= 11 is 0.736. The molecule has 3 nitrogen and oxygen atoms in total. The van der Waals surface area contributed by atoms with Gasteiger partial charge in [0.1, 0.15) is 5.40 Å². The van der Waals surface area contributed by atoms with Crippen LogP contribution in [0.2, 0.25) is 0 Å². The summed E-state index contributed by atoms with van der Waals surface area (Å²) in [6, 6.07) is 4.08. The van der Waals surface area contributed by atoms with E-state index in [2.05, 4.69) is 0 Å². The van der Waals surface area contributed by atoms with Crippen molar-refractivity contribution >= 4 is 11.8 Å². The molecule has 0 saturated carbocycles. The molecule has 1 saturated heterocycles. The summed E-state index contributed by atoms with van der Waals surface area (Å²) < 4.78 is 44.8. The lowest BCUT2D eigenvalue weighted by atomic mass is 10.1. The van der Waals surface area contributed by atoms with Gasteiger partial charge in [0.2, 0.25) is 0 Å². The normalized spacial score (nSPS) is 17.2. The molecule has 0 radical (unpaired) electrons. The van der Waals surface area contributed by atoms with E-state index < -0.39 is 11.7 Å². The van der Waals surface area contributed by atoms with Crippen LogP contribution in [0, 0.1) is 10.7 Å². The second kappa shape index (κ2) is 7.16. The van der Waals surface area contributed by atoms with Gasteiger partial charge in [-0.3, -0.25) is 4.90 Å². The first kappa shape index (κ1) is 16.1. The molecule has 0 aromatic heterocycles. The minimum atomic E-state index is -4.41. The highest BCUT2D eigenvalue weighted by molar-refractivity contribution is 8.03. The lowest BCUT2D eigenvalue weighted by molar-refractivity contribution is -0.138. The molecule has 0 aliphatic carbocycles. The minimum Gasteiger partial charge on any atom is -0.380 e. The van der Waals surface area contributed by atoms with Gasteiger partial charge in [0.15, 0.2) is 0 Å². The average molecular weight is 316 g/mol. The molecule has 0 spiro atoms. The van der Waals surface area contributed by atoms with Crippen molar-refractivity contribution in [1.82, 2.24) is 4.90 Å². The molecule has 21 heavy (non-hydrogen) atoms. The first-order chi connectivity index (χ1) is 10.0. The number of ether oxygens (including phenoxy) is 1. The van der Waals surface area contributed by atoms with Crippen LogP contribution in [0.4, 0.5) is 13.2 Å². The van der Waals surface area contributed by atoms with Crippen LogP contribution in [0.1, 0.15) is 17.5 Å². The molecule has 0 amide bonds. The van der Waals surface area contributed by atoms with Gasteiger partial charge < -0.3 is 4.74 Å². The Morgan fingerprint density at radius 1 is 1.29 bits per heavy atom. The van der Waals surface area contributed by atoms with Gasteiger partial charge in [-0.05, 0) is 35.9 Å². The summed E-state index contributed by atoms with van der Waals surface area (Å²) in [6.07, 6.45) is -3.59. The van der Waals surface area contributed by atoms with Gasteiger partial charge in [-0.2, -0.15) is 18.4 Å². The van der Waals surface area contributed by atoms with E-state index in [9.17, 15) is 13.2 Å². The zero-order valence-electron chi connectivity index (χ0n) is 11.3. The topological polar surface area (TPSA) is 36.3 Å². The number of thiocyanates is 1. The summed E-state index contributed by atoms with van der Waals surface area (Å²) in [7, 11) is 0. The fourth-order valence-electron chi connectivity index (χ4n) is 2.27. The summed E-state index contributed by atoms with van der Waals surface area (Å²) in [5, 5.41) is 10.4. The van der Waals surface area contributed by atoms with Crippen LogP contribution in [-0.2, 0) is 17.5 Å². The first-order valence-electron chi connectivity index (χ1n) is 6.57. The van der Waals surface area contributed by atoms with E-state index in [4.69, 9.17) is 10.00 Å². The van der Waals surface area contributed by atoms with E-state index in [0.717, 1.165) is 30.8 Å². The Kier molecular flexibility index (Phi) is 5.51. The zero-order chi connectivity index (χ0) is 15.3. The fraction of sp³-hybridized carbons (Fsp3) is 0.500. The molecule has 1 fully saturated rings. The van der Waals surface area contributed by atoms with Crippen LogP contribution in [0.3, 0.4) is 0 Å². The lowest BCUT2D eigenvalue weighted by Gasteiger charge is -2.22. The summed E-state index contributed by atoms with van der Waals surface area (Å²) in [5.74, 6) is 0. The highest BCUT2D eigenvalue weighted by atomic mass is 32.2. The molecular weight excluding hydrogens is 301 g/mol. The van der Waals surface area contributed by atoms with E-state index in [-0.39, 0.29) is 12.1 Å². The number of alkyl halides is 3. The lowest BCUT2D eigenvalue weighted by Crippen LogP contribution is -2.27. The van der Waals surface area contributed by atoms with Gasteiger partial charge >= 0.3 is 6.18 Å². The number of nitrogens with zero attached hydrogens (tertiary/aromatic N) is 2. The van der Waals surface area contributed by atoms with Gasteiger partial charge in [0.05, 0.1) is 12.2 Å². The second-order valence-electron chi connectivity index (χ2n) is 4.75. The van der Waals surface area contributed by atoms with Crippen LogP contribution in [-0.4, -0.2) is 31.2 Å². The zero-order valence-corrected chi connectivity index (χ0v) is 12.1. The number of hydrogen-bond acceptors (Lipinski definition) is 4. The largest absolute Gasteiger partial charge is 0.416 e. The quantitative estimate of drug-likeness (QED) is 0.632. The Labute approximate surface area is 125 Å². The van der Waals surface area contributed by atoms with Crippen molar-refractivity contribution in [1.29, 1.82) is 5.26 Å². The molecule has 1 heterocycles. The fourth-order valence-corrected chi connectivity index (χ4v) is 2.69. The van der Waals surface area contributed by atoms with Crippen LogP contribution in [0.5, 0.6) is 0 Å². The van der Waals surface area contributed by atoms with Crippen LogP contribution < -0.4 is 0 Å². The predicted octanol–water partition coefficient (Wildman–Crippen LogP) is 3.50. The first-order valence-corrected chi connectivity index (χ1v) is 7.38. The molecule has 7 heteroatoms. The Morgan fingerprint density at radius 3 is 2.81 bits per heavy atom. The van der Waals surface area contributed by atoms with Crippen molar-refractivity contribution in [3.63, 3.8) is 0 Å². The number of nitriles is 1. The third-order valence-corrected chi connectivity index (χ3v) is 3.84. The number of benzene rings is 1. The number of hydrogen-bond donors (Lipinski definition) is 0. The van der Waals surface area contributed by atoms with Crippen molar-refractivity contribution < 1.29 is 17.9 Å². The molecule has 1 aliphatic rings. The third-order valence-electron chi connectivity index (χ3n) is 3.26. The molecule has 1 aromatic carbocycles. The van der Waals surface area contributed by atoms with E-state index in [1.54, 1.807) is 11.5 Å². The Balaban J connectivity index is 2.23. The van der Waals surface area contributed by atoms with E-state index in [1.807, 2.05) is 4.90 Å². The standard InChI is InChI=1S/C14H15F3N2OS/c15-14(16,17)13-8-12(21-10-18)3-2-11(13)9-19-4-1-6-20-7-5-19/h2-3,8H,1,4-7,9H2. The molecule has 0 atom stereocenters. The monoisotopic (exact) mass is 316 g/mol. The van der Waals surface area contributed by atoms with Gasteiger partial charge in [0, 0.05) is 31.1 Å². The molecule has 1 aliphatic heterocycles. The highest BCUT2D eigenvalue weighted by Crippen LogP contribution is 2.35. The highest BCUT2D eigenvalue weighted by Gasteiger charge is 2.34. The smallest absolute Gasteiger partial charge is 0.380 e. The van der Waals surface area contributed by atoms with Gasteiger partial charge in [0.25, 0.3) is 0 Å². The molecular formula is C14H15F3N2OS. The van der Waals surface area contributed by atoms with E-state index >= 15 is 0 Å². The molecule has 1 aromatic rings. The molecule has 0 bridgehead atoms. The van der Waals surface area contributed by atoms with Crippen LogP contribution >= 0.6 is 11.8 Å². The molecule has 114 valence electrons. The number of halogens is 3. The van der Waals surface area contributed by atoms with E-state index in [1.165, 1.54) is 6.07 Å². The van der Waals surface area contributed by atoms with Crippen LogP contribution in [0.25, 0.3) is 0 Å². The average Bonchev–Trinajstić information content (AvgIpc) is 2.68. The van der Waals surface area contributed by atoms with Gasteiger partial charge in [-0.25, -0.2) is 0 Å². The van der Waals surface area contributed by atoms with Crippen LogP contribution in [0.15, 0.2) is 23.1 Å². The summed E-state index contributed by atoms with van der Waals surface area (Å²) in [4.78, 5) is 2.28. The van der Waals surface area contributed by atoms with Crippen molar-refractivity contribution in [3.8, 4) is 5.40 Å². The Morgan fingerprint density at radius 2 is 2.10 bits per heavy atom. The Bertz CT molecular complexity index is 520. The van der Waals surface area contributed by atoms with Crippen molar-refractivity contribution in [2.45, 2.75) is 24.0 Å². The maximum Gasteiger partial charge on any atom is 0.416 e. The minimum absolute atomic E-state index is 0.242. The summed E-state index contributed by atoms with van der Waals surface area (Å²) in [5.41, 5.74) is -0.417.